The number of nitrogens with one attached hydrogen (secondary N) is 1. The first-order chi connectivity index (χ1) is 7.70. The normalized spacial score (nSPS) is 21.9. The Hall–Kier alpha value is -1.38. The molecule has 1 fully saturated rings. The molecule has 1 aliphatic rings. The van der Waals surface area contributed by atoms with E-state index in [9.17, 15) is 0 Å². The highest BCUT2D eigenvalue weighted by atomic mass is 16.4. The molecule has 1 atom stereocenters. The van der Waals surface area contributed by atoms with Crippen molar-refractivity contribution in [2.45, 2.75) is 26.4 Å². The van der Waals surface area contributed by atoms with Crippen LogP contribution in [0.15, 0.2) is 4.42 Å². The molecule has 86 valence electrons. The Labute approximate surface area is 95.1 Å². The van der Waals surface area contributed by atoms with Gasteiger partial charge in [0.2, 0.25) is 5.89 Å². The Morgan fingerprint density at radius 1 is 1.62 bits per heavy atom. The first-order valence-corrected chi connectivity index (χ1v) is 5.48. The van der Waals surface area contributed by atoms with E-state index in [0.717, 1.165) is 31.1 Å². The molecule has 0 bridgehead atoms. The van der Waals surface area contributed by atoms with Crippen molar-refractivity contribution in [2.24, 2.45) is 0 Å². The third-order valence-corrected chi connectivity index (χ3v) is 2.91. The van der Waals surface area contributed by atoms with Gasteiger partial charge in [0.25, 0.3) is 0 Å². The van der Waals surface area contributed by atoms with Gasteiger partial charge in [-0.1, -0.05) is 0 Å². The van der Waals surface area contributed by atoms with Gasteiger partial charge in [-0.2, -0.15) is 5.26 Å². The van der Waals surface area contributed by atoms with E-state index in [4.69, 9.17) is 9.68 Å². The minimum atomic E-state index is -0.0822. The summed E-state index contributed by atoms with van der Waals surface area (Å²) in [6, 6.07) is 2.21. The molecule has 0 spiro atoms. The largest absolute Gasteiger partial charge is 0.444 e. The number of hydrogen-bond acceptors (Lipinski definition) is 5. The maximum absolute atomic E-state index is 9.02. The van der Waals surface area contributed by atoms with Gasteiger partial charge < -0.3 is 9.73 Å². The molecule has 0 saturated carbocycles. The van der Waals surface area contributed by atoms with Crippen LogP contribution in [0.25, 0.3) is 0 Å². The highest BCUT2D eigenvalue weighted by Gasteiger charge is 2.23. The molecule has 16 heavy (non-hydrogen) atoms. The van der Waals surface area contributed by atoms with Gasteiger partial charge in [0.15, 0.2) is 0 Å². The number of nitriles is 1. The first-order valence-electron chi connectivity index (χ1n) is 5.48. The van der Waals surface area contributed by atoms with Gasteiger partial charge in [-0.25, -0.2) is 4.98 Å². The predicted molar refractivity (Wildman–Crippen MR) is 58.7 cm³/mol. The molecule has 0 aliphatic carbocycles. The number of oxazole rings is 1. The number of rotatable bonds is 2. The van der Waals surface area contributed by atoms with E-state index in [1.807, 2.05) is 13.8 Å². The van der Waals surface area contributed by atoms with E-state index < -0.39 is 0 Å². The van der Waals surface area contributed by atoms with Crippen molar-refractivity contribution in [1.82, 2.24) is 15.2 Å². The molecule has 0 radical (unpaired) electrons. The van der Waals surface area contributed by atoms with Gasteiger partial charge >= 0.3 is 0 Å². The average Bonchev–Trinajstić information content (AvgIpc) is 2.59. The fraction of sp³-hybridized carbons (Fsp3) is 0.636. The number of nitrogens with zero attached hydrogens (tertiary/aromatic N) is 3. The van der Waals surface area contributed by atoms with E-state index in [2.05, 4.69) is 21.3 Å². The molecule has 0 amide bonds. The Balaban J connectivity index is 2.05. The minimum Gasteiger partial charge on any atom is -0.444 e. The molecular formula is C11H16N4O. The number of piperazine rings is 1. The van der Waals surface area contributed by atoms with Crippen LogP contribution in [-0.4, -0.2) is 35.6 Å². The molecule has 1 aromatic heterocycles. The molecule has 5 nitrogen and oxygen atoms in total. The van der Waals surface area contributed by atoms with Crippen LogP contribution in [-0.2, 0) is 6.54 Å². The summed E-state index contributed by atoms with van der Waals surface area (Å²) in [4.78, 5) is 6.43. The van der Waals surface area contributed by atoms with Crippen molar-refractivity contribution < 1.29 is 4.42 Å². The van der Waals surface area contributed by atoms with Gasteiger partial charge in [0, 0.05) is 19.6 Å². The Kier molecular flexibility index (Phi) is 3.22. The van der Waals surface area contributed by atoms with Gasteiger partial charge in [-0.15, -0.1) is 0 Å². The fourth-order valence-electron chi connectivity index (χ4n) is 1.84. The van der Waals surface area contributed by atoms with E-state index in [-0.39, 0.29) is 6.04 Å². The lowest BCUT2D eigenvalue weighted by Gasteiger charge is -2.30. The molecular weight excluding hydrogens is 204 g/mol. The van der Waals surface area contributed by atoms with Gasteiger partial charge in [0.1, 0.15) is 11.8 Å². The molecule has 1 N–H and O–H groups in total. The molecule has 1 unspecified atom stereocenters. The van der Waals surface area contributed by atoms with Crippen LogP contribution in [0.1, 0.15) is 17.3 Å². The summed E-state index contributed by atoms with van der Waals surface area (Å²) >= 11 is 0. The quantitative estimate of drug-likeness (QED) is 0.790. The molecule has 5 heteroatoms. The fourth-order valence-corrected chi connectivity index (χ4v) is 1.84. The monoisotopic (exact) mass is 220 g/mol. The number of hydrogen-bond donors (Lipinski definition) is 1. The van der Waals surface area contributed by atoms with Crippen LogP contribution < -0.4 is 5.32 Å². The summed E-state index contributed by atoms with van der Waals surface area (Å²) in [5.41, 5.74) is 0.929. The molecule has 1 aromatic rings. The molecule has 2 heterocycles. The lowest BCUT2D eigenvalue weighted by molar-refractivity contribution is 0.172. The lowest BCUT2D eigenvalue weighted by Crippen LogP contribution is -2.50. The predicted octanol–water partition coefficient (Wildman–Crippen LogP) is 0.589. The van der Waals surface area contributed by atoms with Crippen LogP contribution >= 0.6 is 0 Å². The summed E-state index contributed by atoms with van der Waals surface area (Å²) < 4.78 is 5.53. The zero-order valence-electron chi connectivity index (χ0n) is 9.66. The zero-order valence-corrected chi connectivity index (χ0v) is 9.66. The van der Waals surface area contributed by atoms with Crippen molar-refractivity contribution in [3.05, 3.63) is 17.3 Å². The lowest BCUT2D eigenvalue weighted by atomic mass is 10.2. The third kappa shape index (κ3) is 2.23. The van der Waals surface area contributed by atoms with Gasteiger partial charge in [-0.05, 0) is 13.8 Å². The van der Waals surface area contributed by atoms with Crippen molar-refractivity contribution in [2.75, 3.05) is 19.6 Å². The molecule has 1 saturated heterocycles. The summed E-state index contributed by atoms with van der Waals surface area (Å²) in [6.07, 6.45) is 0. The maximum Gasteiger partial charge on any atom is 0.208 e. The zero-order chi connectivity index (χ0) is 11.5. The summed E-state index contributed by atoms with van der Waals surface area (Å²) in [5, 5.41) is 12.2. The highest BCUT2D eigenvalue weighted by Crippen LogP contribution is 2.13. The van der Waals surface area contributed by atoms with E-state index in [0.29, 0.717) is 12.4 Å². The van der Waals surface area contributed by atoms with Crippen LogP contribution in [0.2, 0.25) is 0 Å². The molecule has 0 aromatic carbocycles. The second-order valence-corrected chi connectivity index (χ2v) is 4.07. The van der Waals surface area contributed by atoms with Crippen molar-refractivity contribution in [3.63, 3.8) is 0 Å². The van der Waals surface area contributed by atoms with Crippen LogP contribution in [0.5, 0.6) is 0 Å². The van der Waals surface area contributed by atoms with E-state index in [1.165, 1.54) is 0 Å². The standard InChI is InChI=1S/C11H16N4O/c1-8-9(2)16-11(14-8)7-15-4-3-13-6-10(15)5-12/h10,13H,3-4,6-7H2,1-2H3. The summed E-state index contributed by atoms with van der Waals surface area (Å²) in [7, 11) is 0. The van der Waals surface area contributed by atoms with Crippen molar-refractivity contribution >= 4 is 0 Å². The number of aryl methyl sites for hydroxylation is 2. The maximum atomic E-state index is 9.02. The summed E-state index contributed by atoms with van der Waals surface area (Å²) in [5.74, 6) is 1.57. The average molecular weight is 220 g/mol. The van der Waals surface area contributed by atoms with E-state index >= 15 is 0 Å². The number of aromatic nitrogens is 1. The topological polar surface area (TPSA) is 65.1 Å². The minimum absolute atomic E-state index is 0.0822. The SMILES string of the molecule is Cc1nc(CN2CCNCC2C#N)oc1C. The van der Waals surface area contributed by atoms with Crippen LogP contribution in [0.3, 0.4) is 0 Å². The second kappa shape index (κ2) is 4.64. The van der Waals surface area contributed by atoms with E-state index in [1.54, 1.807) is 0 Å². The van der Waals surface area contributed by atoms with Crippen molar-refractivity contribution in [3.8, 4) is 6.07 Å². The first kappa shape index (κ1) is 11.1. The second-order valence-electron chi connectivity index (χ2n) is 4.07. The Bertz CT molecular complexity index is 387. The Morgan fingerprint density at radius 3 is 3.06 bits per heavy atom. The highest BCUT2D eigenvalue weighted by molar-refractivity contribution is 5.06. The molecule has 2 rings (SSSR count). The van der Waals surface area contributed by atoms with Crippen LogP contribution in [0, 0.1) is 25.2 Å². The third-order valence-electron chi connectivity index (χ3n) is 2.91. The molecule has 1 aliphatic heterocycles. The van der Waals surface area contributed by atoms with Gasteiger partial charge in [0.05, 0.1) is 18.3 Å². The Morgan fingerprint density at radius 2 is 2.44 bits per heavy atom. The smallest absolute Gasteiger partial charge is 0.208 e. The summed E-state index contributed by atoms with van der Waals surface area (Å²) in [6.45, 7) is 6.95. The van der Waals surface area contributed by atoms with Crippen LogP contribution in [0.4, 0.5) is 0 Å². The van der Waals surface area contributed by atoms with Crippen molar-refractivity contribution in [1.29, 1.82) is 5.26 Å². The van der Waals surface area contributed by atoms with Gasteiger partial charge in [-0.3, -0.25) is 4.90 Å².